The van der Waals surface area contributed by atoms with Gasteiger partial charge in [0.25, 0.3) is 0 Å². The lowest BCUT2D eigenvalue weighted by Gasteiger charge is -2.38. The van der Waals surface area contributed by atoms with E-state index in [1.54, 1.807) is 5.56 Å². The Morgan fingerprint density at radius 3 is 0.458 bits per heavy atom. The van der Waals surface area contributed by atoms with Crippen LogP contribution in [0.1, 0.15) is 500 Å². The Morgan fingerprint density at radius 1 is 0.102 bits per heavy atom. The molecule has 0 heterocycles. The maximum absolute atomic E-state index is 2.47. The molecule has 0 aromatic heterocycles. The summed E-state index contributed by atoms with van der Waals surface area (Å²) >= 11 is 0. The molecule has 0 nitrogen and oxygen atoms in total. The van der Waals surface area contributed by atoms with Crippen LogP contribution in [-0.2, 0) is 103 Å². The molecular weight excluding hydrogens is 1420 g/mol. The molecule has 0 bridgehead atoms. The maximum atomic E-state index is 2.47. The number of hydrogen-bond acceptors (Lipinski definition) is 0. The van der Waals surface area contributed by atoms with Crippen LogP contribution in [0, 0.1) is 0 Å². The molecule has 0 unspecified atom stereocenters. The first kappa shape index (κ1) is 111. The van der Waals surface area contributed by atoms with E-state index >= 15 is 0 Å². The topological polar surface area (TPSA) is 0 Å². The normalized spacial score (nSPS) is 13.6. The quantitative estimate of drug-likeness (QED) is 0.142. The fourth-order valence-electron chi connectivity index (χ4n) is 15.0. The van der Waals surface area contributed by atoms with Gasteiger partial charge in [-0.05, 0) is 209 Å². The molecule has 7 aromatic carbocycles. The van der Waals surface area contributed by atoms with Crippen molar-refractivity contribution in [2.45, 2.75) is 498 Å². The molecule has 0 saturated heterocycles. The van der Waals surface area contributed by atoms with Crippen molar-refractivity contribution in [2.24, 2.45) is 0 Å². The van der Waals surface area contributed by atoms with Crippen molar-refractivity contribution in [1.82, 2.24) is 0 Å². The van der Waals surface area contributed by atoms with Crippen molar-refractivity contribution in [3.05, 3.63) is 245 Å². The standard InChI is InChI=1S/C22H38.3C18H30.3C14H22/c1-19(2,3)15-13-16(20(4,5)6)18(22(10,11)12)17(14-15)21(7,8)9;2*1-16(2,3)13-10-11-14(17(4,5)6)15(12-13)18(7,8)9;1-16(2,3)13-11-10-12-14(17(4,5)6)15(13)18(7,8)9;1-13(2,3)11-7-9-12(10-8-11)14(4,5)6;1-13(2,3)11-8-7-9-12(10-11)14(4,5)6;1-13(2,3)11-9-7-8-10-12(11)14(4,5)6/h13-14H,1-12H3;3*10-12H,1-9H3;3*7-10H,1-6H3. The van der Waals surface area contributed by atoms with Crippen LogP contribution in [0.4, 0.5) is 0 Å². The summed E-state index contributed by atoms with van der Waals surface area (Å²) in [5, 5.41) is 0. The Hall–Kier alpha value is -5.46. The number of rotatable bonds is 0. The lowest BCUT2D eigenvalue weighted by Crippen LogP contribution is -2.29. The van der Waals surface area contributed by atoms with Gasteiger partial charge in [0.05, 0.1) is 0 Å². The van der Waals surface area contributed by atoms with E-state index in [0.29, 0.717) is 0 Å². The summed E-state index contributed by atoms with van der Waals surface area (Å²) in [6, 6.07) is 52.6. The summed E-state index contributed by atoms with van der Waals surface area (Å²) in [5.74, 6) is 0. The zero-order valence-corrected chi connectivity index (χ0v) is 89.3. The van der Waals surface area contributed by atoms with Crippen LogP contribution in [0.2, 0.25) is 0 Å². The van der Waals surface area contributed by atoms with E-state index in [1.807, 2.05) is 0 Å². The van der Waals surface area contributed by atoms with Crippen molar-refractivity contribution < 1.29 is 0 Å². The van der Waals surface area contributed by atoms with Crippen LogP contribution in [0.25, 0.3) is 0 Å². The number of benzene rings is 7. The highest BCUT2D eigenvalue weighted by Gasteiger charge is 2.37. The van der Waals surface area contributed by atoms with Gasteiger partial charge in [-0.3, -0.25) is 0 Å². The predicted octanol–water partition coefficient (Wildman–Crippen LogP) is 36.5. The average Bonchev–Trinajstić information content (AvgIpc) is 0.759. The third-order valence-electron chi connectivity index (χ3n) is 22.6. The second-order valence-electron chi connectivity index (χ2n) is 54.6. The largest absolute Gasteiger partial charge is 0.0620 e. The van der Waals surface area contributed by atoms with Gasteiger partial charge in [-0.15, -0.1) is 0 Å². The number of hydrogen-bond donors (Lipinski definition) is 0. The molecular formula is C118H194. The Bertz CT molecular complexity index is 3980. The second kappa shape index (κ2) is 38.3. The maximum Gasteiger partial charge on any atom is -0.0126 e. The highest BCUT2D eigenvalue weighted by atomic mass is 14.4. The molecule has 0 radical (unpaired) electrons. The van der Waals surface area contributed by atoms with Crippen molar-refractivity contribution >= 4 is 0 Å². The van der Waals surface area contributed by atoms with E-state index in [2.05, 4.69) is 534 Å². The van der Waals surface area contributed by atoms with Crippen molar-refractivity contribution in [3.8, 4) is 0 Å². The Morgan fingerprint density at radius 2 is 0.263 bits per heavy atom. The first-order chi connectivity index (χ1) is 51.6. The summed E-state index contributed by atoms with van der Waals surface area (Å²) in [6.07, 6.45) is 0. The summed E-state index contributed by atoms with van der Waals surface area (Å²) in [4.78, 5) is 0. The fraction of sp³-hybridized carbons (Fsp3) is 0.644. The minimum absolute atomic E-state index is 0.154. The Balaban J connectivity index is 0.000000692. The van der Waals surface area contributed by atoms with Gasteiger partial charge in [-0.25, -0.2) is 0 Å². The molecule has 666 valence electrons. The molecule has 0 heteroatoms. The fourth-order valence-corrected chi connectivity index (χ4v) is 15.0. The molecule has 118 heavy (non-hydrogen) atoms. The lowest BCUT2D eigenvalue weighted by molar-refractivity contribution is 0.490. The third kappa shape index (κ3) is 34.7. The van der Waals surface area contributed by atoms with Gasteiger partial charge in [0.15, 0.2) is 0 Å². The Labute approximate surface area is 738 Å². The van der Waals surface area contributed by atoms with Crippen molar-refractivity contribution in [1.29, 1.82) is 0 Å². The van der Waals surface area contributed by atoms with E-state index in [9.17, 15) is 0 Å². The van der Waals surface area contributed by atoms with Crippen LogP contribution >= 0.6 is 0 Å². The zero-order chi connectivity index (χ0) is 93.7. The highest BCUT2D eigenvalue weighted by molar-refractivity contribution is 5.52. The van der Waals surface area contributed by atoms with Gasteiger partial charge >= 0.3 is 0 Å². The van der Waals surface area contributed by atoms with Gasteiger partial charge < -0.3 is 0 Å². The molecule has 0 spiro atoms. The summed E-state index contributed by atoms with van der Waals surface area (Å²) < 4.78 is 0. The van der Waals surface area contributed by atoms with E-state index in [0.717, 1.165) is 0 Å². The molecule has 0 amide bonds. The monoisotopic (exact) mass is 1610 g/mol. The second-order valence-corrected chi connectivity index (χ2v) is 54.6. The molecule has 7 aromatic rings. The van der Waals surface area contributed by atoms with Crippen LogP contribution < -0.4 is 0 Å². The molecule has 0 saturated carbocycles. The first-order valence-electron chi connectivity index (χ1n) is 45.6. The van der Waals surface area contributed by atoms with Gasteiger partial charge in [0.2, 0.25) is 0 Å². The minimum atomic E-state index is 0.154. The zero-order valence-electron chi connectivity index (χ0n) is 89.3. The van der Waals surface area contributed by atoms with Crippen LogP contribution in [0.3, 0.4) is 0 Å². The highest BCUT2D eigenvalue weighted by Crippen LogP contribution is 2.46. The predicted molar refractivity (Wildman–Crippen MR) is 540 cm³/mol. The van der Waals surface area contributed by atoms with Gasteiger partial charge in [-0.1, -0.05) is 534 Å². The molecule has 7 rings (SSSR count). The van der Waals surface area contributed by atoms with E-state index in [1.165, 1.54) is 100 Å². The molecule has 0 aliphatic carbocycles. The third-order valence-corrected chi connectivity index (χ3v) is 22.6. The van der Waals surface area contributed by atoms with Gasteiger partial charge in [-0.2, -0.15) is 0 Å². The Kier molecular flexibility index (Phi) is 35.9. The molecule has 0 atom stereocenters. The summed E-state index contributed by atoms with van der Waals surface area (Å²) in [6.45, 7) is 131. The molecule has 0 aliphatic rings. The SMILES string of the molecule is CC(C)(C)c1cc(C(C)(C)C)c(C(C)(C)C)c(C(C)(C)C)c1.CC(C)(C)c1ccc(C(C)(C)C)c(C(C)(C)C)c1.CC(C)(C)c1ccc(C(C)(C)C)c(C(C)(C)C)c1.CC(C)(C)c1ccc(C(C)(C)C)cc1.CC(C)(C)c1cccc(C(C)(C)C)c1.CC(C)(C)c1cccc(C(C)(C)C)c1C(C)(C)C.CC(C)(C)c1ccccc1C(C)(C)C. The molecule has 0 fully saturated rings. The first-order valence-corrected chi connectivity index (χ1v) is 45.6. The van der Waals surface area contributed by atoms with Crippen molar-refractivity contribution in [2.75, 3.05) is 0 Å². The van der Waals surface area contributed by atoms with E-state index in [-0.39, 0.29) is 103 Å². The van der Waals surface area contributed by atoms with E-state index in [4.69, 9.17) is 0 Å². The van der Waals surface area contributed by atoms with Crippen molar-refractivity contribution in [3.63, 3.8) is 0 Å². The van der Waals surface area contributed by atoms with Crippen LogP contribution in [-0.4, -0.2) is 0 Å². The lowest BCUT2D eigenvalue weighted by atomic mass is 9.66. The van der Waals surface area contributed by atoms with Gasteiger partial charge in [0.1, 0.15) is 0 Å². The minimum Gasteiger partial charge on any atom is -0.0620 e. The summed E-state index contributed by atoms with van der Waals surface area (Å²) in [7, 11) is 0. The molecule has 0 N–H and O–H groups in total. The van der Waals surface area contributed by atoms with E-state index < -0.39 is 0 Å². The average molecular weight is 1610 g/mol. The molecule has 0 aliphatic heterocycles. The smallest absolute Gasteiger partial charge is 0.0126 e. The van der Waals surface area contributed by atoms with Gasteiger partial charge in [0, 0.05) is 0 Å². The van der Waals surface area contributed by atoms with Crippen LogP contribution in [0.15, 0.2) is 140 Å². The van der Waals surface area contributed by atoms with Crippen LogP contribution in [0.5, 0.6) is 0 Å². The summed E-state index contributed by atoms with van der Waals surface area (Å²) in [5.41, 5.74) is 31.9.